The maximum atomic E-state index is 11.6. The zero-order valence-electron chi connectivity index (χ0n) is 10.6. The van der Waals surface area contributed by atoms with Gasteiger partial charge in [-0.05, 0) is 24.1 Å². The SMILES string of the molecule is C#CCC(NC(=O)Nc1cccc(CC)c1)C(=O)O. The summed E-state index contributed by atoms with van der Waals surface area (Å²) < 4.78 is 0. The maximum absolute atomic E-state index is 11.6. The summed E-state index contributed by atoms with van der Waals surface area (Å²) in [6, 6.07) is 5.66. The molecule has 0 heterocycles. The van der Waals surface area contributed by atoms with E-state index in [2.05, 4.69) is 16.6 Å². The van der Waals surface area contributed by atoms with Gasteiger partial charge in [-0.3, -0.25) is 0 Å². The molecule has 3 N–H and O–H groups in total. The summed E-state index contributed by atoms with van der Waals surface area (Å²) in [4.78, 5) is 22.5. The molecule has 0 saturated heterocycles. The van der Waals surface area contributed by atoms with Crippen molar-refractivity contribution in [3.63, 3.8) is 0 Å². The fourth-order valence-corrected chi connectivity index (χ4v) is 1.51. The molecule has 0 fully saturated rings. The molecule has 2 amide bonds. The highest BCUT2D eigenvalue weighted by Gasteiger charge is 2.18. The van der Waals surface area contributed by atoms with Crippen LogP contribution < -0.4 is 10.6 Å². The fourth-order valence-electron chi connectivity index (χ4n) is 1.51. The van der Waals surface area contributed by atoms with Crippen molar-refractivity contribution in [2.75, 3.05) is 5.32 Å². The molecular formula is C14H16N2O3. The first-order valence-corrected chi connectivity index (χ1v) is 5.89. The lowest BCUT2D eigenvalue weighted by Gasteiger charge is -2.13. The van der Waals surface area contributed by atoms with Gasteiger partial charge in [-0.25, -0.2) is 9.59 Å². The lowest BCUT2D eigenvalue weighted by atomic mass is 10.1. The van der Waals surface area contributed by atoms with Crippen LogP contribution in [0.4, 0.5) is 10.5 Å². The maximum Gasteiger partial charge on any atom is 0.327 e. The Hall–Kier alpha value is -2.48. The van der Waals surface area contributed by atoms with Gasteiger partial charge in [0.2, 0.25) is 0 Å². The minimum absolute atomic E-state index is 0.0578. The third-order valence-corrected chi connectivity index (χ3v) is 2.52. The van der Waals surface area contributed by atoms with Crippen LogP contribution in [0, 0.1) is 12.3 Å². The number of terminal acetylenes is 1. The van der Waals surface area contributed by atoms with Crippen molar-refractivity contribution in [2.45, 2.75) is 25.8 Å². The number of carbonyl (C=O) groups excluding carboxylic acids is 1. The van der Waals surface area contributed by atoms with Crippen LogP contribution in [0.1, 0.15) is 18.9 Å². The number of hydrogen-bond donors (Lipinski definition) is 3. The topological polar surface area (TPSA) is 78.4 Å². The van der Waals surface area contributed by atoms with Crippen molar-refractivity contribution in [1.82, 2.24) is 5.32 Å². The van der Waals surface area contributed by atoms with Crippen molar-refractivity contribution < 1.29 is 14.7 Å². The van der Waals surface area contributed by atoms with Gasteiger partial charge in [0.25, 0.3) is 0 Å². The van der Waals surface area contributed by atoms with Gasteiger partial charge in [-0.2, -0.15) is 0 Å². The van der Waals surface area contributed by atoms with Crippen LogP contribution in [0.5, 0.6) is 0 Å². The summed E-state index contributed by atoms with van der Waals surface area (Å²) in [5.41, 5.74) is 1.69. The lowest BCUT2D eigenvalue weighted by Crippen LogP contribution is -2.42. The number of anilines is 1. The number of hydrogen-bond acceptors (Lipinski definition) is 2. The van der Waals surface area contributed by atoms with Gasteiger partial charge < -0.3 is 15.7 Å². The van der Waals surface area contributed by atoms with Gasteiger partial charge >= 0.3 is 12.0 Å². The molecule has 0 aliphatic carbocycles. The summed E-state index contributed by atoms with van der Waals surface area (Å²) in [5.74, 6) is 1.06. The second-order valence-corrected chi connectivity index (χ2v) is 3.95. The fraction of sp³-hybridized carbons (Fsp3) is 0.286. The molecule has 0 radical (unpaired) electrons. The number of benzene rings is 1. The van der Waals surface area contributed by atoms with Gasteiger partial charge in [0, 0.05) is 12.1 Å². The highest BCUT2D eigenvalue weighted by atomic mass is 16.4. The predicted octanol–water partition coefficient (Wildman–Crippen LogP) is 1.85. The highest BCUT2D eigenvalue weighted by Crippen LogP contribution is 2.10. The Morgan fingerprint density at radius 3 is 2.79 bits per heavy atom. The molecule has 1 unspecified atom stereocenters. The smallest absolute Gasteiger partial charge is 0.327 e. The number of rotatable bonds is 5. The molecule has 0 aliphatic heterocycles. The van der Waals surface area contributed by atoms with E-state index in [1.165, 1.54) is 0 Å². The summed E-state index contributed by atoms with van der Waals surface area (Å²) >= 11 is 0. The molecule has 1 aromatic carbocycles. The van der Waals surface area contributed by atoms with Crippen LogP contribution in [0.15, 0.2) is 24.3 Å². The molecule has 100 valence electrons. The summed E-state index contributed by atoms with van der Waals surface area (Å²) in [6.07, 6.45) is 5.84. The number of aliphatic carboxylic acids is 1. The first kappa shape index (κ1) is 14.6. The lowest BCUT2D eigenvalue weighted by molar-refractivity contribution is -0.139. The molecule has 1 aromatic rings. The van der Waals surface area contributed by atoms with E-state index in [-0.39, 0.29) is 6.42 Å². The van der Waals surface area contributed by atoms with Crippen molar-refractivity contribution in [3.8, 4) is 12.3 Å². The Bertz CT molecular complexity index is 506. The minimum atomic E-state index is -1.16. The Kier molecular flexibility index (Phi) is 5.42. The monoisotopic (exact) mass is 260 g/mol. The number of nitrogens with one attached hydrogen (secondary N) is 2. The Morgan fingerprint density at radius 2 is 2.21 bits per heavy atom. The number of carboxylic acids is 1. The van der Waals surface area contributed by atoms with Crippen molar-refractivity contribution in [3.05, 3.63) is 29.8 Å². The second-order valence-electron chi connectivity index (χ2n) is 3.95. The van der Waals surface area contributed by atoms with Crippen LogP contribution in [0.2, 0.25) is 0 Å². The molecule has 0 aromatic heterocycles. The number of amides is 2. The van der Waals surface area contributed by atoms with E-state index in [0.29, 0.717) is 5.69 Å². The van der Waals surface area contributed by atoms with Gasteiger partial charge in [-0.15, -0.1) is 12.3 Å². The van der Waals surface area contributed by atoms with Crippen molar-refractivity contribution in [2.24, 2.45) is 0 Å². The summed E-state index contributed by atoms with van der Waals surface area (Å²) in [7, 11) is 0. The molecular weight excluding hydrogens is 244 g/mol. The highest BCUT2D eigenvalue weighted by molar-refractivity contribution is 5.92. The number of carboxylic acid groups (broad SMARTS) is 1. The van der Waals surface area contributed by atoms with Crippen LogP contribution in [-0.2, 0) is 11.2 Å². The zero-order valence-corrected chi connectivity index (χ0v) is 10.6. The first-order valence-electron chi connectivity index (χ1n) is 5.89. The van der Waals surface area contributed by atoms with E-state index < -0.39 is 18.0 Å². The van der Waals surface area contributed by atoms with Crippen LogP contribution in [0.3, 0.4) is 0 Å². The van der Waals surface area contributed by atoms with Gasteiger partial charge in [-0.1, -0.05) is 19.1 Å². The molecule has 0 aliphatic rings. The largest absolute Gasteiger partial charge is 0.480 e. The van der Waals surface area contributed by atoms with Crippen LogP contribution >= 0.6 is 0 Å². The number of aryl methyl sites for hydroxylation is 1. The zero-order chi connectivity index (χ0) is 14.3. The molecule has 0 saturated carbocycles. The summed E-state index contributed by atoms with van der Waals surface area (Å²) in [6.45, 7) is 2.01. The van der Waals surface area contributed by atoms with E-state index in [4.69, 9.17) is 11.5 Å². The van der Waals surface area contributed by atoms with Gasteiger partial charge in [0.05, 0.1) is 0 Å². The molecule has 1 atom stereocenters. The average Bonchev–Trinajstić information content (AvgIpc) is 2.38. The third-order valence-electron chi connectivity index (χ3n) is 2.52. The Labute approximate surface area is 112 Å². The molecule has 1 rings (SSSR count). The minimum Gasteiger partial charge on any atom is -0.480 e. The predicted molar refractivity (Wildman–Crippen MR) is 72.8 cm³/mol. The second kappa shape index (κ2) is 7.07. The van der Waals surface area contributed by atoms with Crippen molar-refractivity contribution in [1.29, 1.82) is 0 Å². The van der Waals surface area contributed by atoms with Gasteiger partial charge in [0.1, 0.15) is 6.04 Å². The van der Waals surface area contributed by atoms with E-state index in [1.807, 2.05) is 25.1 Å². The molecule has 5 nitrogen and oxygen atoms in total. The van der Waals surface area contributed by atoms with E-state index >= 15 is 0 Å². The number of urea groups is 1. The molecule has 19 heavy (non-hydrogen) atoms. The third kappa shape index (κ3) is 4.72. The first-order chi connectivity index (χ1) is 9.06. The van der Waals surface area contributed by atoms with E-state index in [9.17, 15) is 9.59 Å². The summed E-state index contributed by atoms with van der Waals surface area (Å²) in [5, 5.41) is 13.8. The Morgan fingerprint density at radius 1 is 1.47 bits per heavy atom. The molecule has 5 heteroatoms. The molecule has 0 bridgehead atoms. The normalized spacial score (nSPS) is 11.2. The van der Waals surface area contributed by atoms with Crippen molar-refractivity contribution >= 4 is 17.7 Å². The Balaban J connectivity index is 2.63. The van der Waals surface area contributed by atoms with E-state index in [1.54, 1.807) is 6.07 Å². The number of carbonyl (C=O) groups is 2. The quantitative estimate of drug-likeness (QED) is 0.707. The standard InChI is InChI=1S/C14H16N2O3/c1-3-6-12(13(17)18)16-14(19)15-11-8-5-7-10(4-2)9-11/h1,5,7-9,12H,4,6H2,2H3,(H,17,18)(H2,15,16,19). The molecule has 0 spiro atoms. The van der Waals surface area contributed by atoms with Crippen LogP contribution in [-0.4, -0.2) is 23.1 Å². The van der Waals surface area contributed by atoms with Crippen LogP contribution in [0.25, 0.3) is 0 Å². The average molecular weight is 260 g/mol. The van der Waals surface area contributed by atoms with E-state index in [0.717, 1.165) is 12.0 Å². The van der Waals surface area contributed by atoms with Gasteiger partial charge in [0.15, 0.2) is 0 Å².